The van der Waals surface area contributed by atoms with Crippen molar-refractivity contribution in [2.24, 2.45) is 0 Å². The molecule has 0 spiro atoms. The first-order chi connectivity index (χ1) is 16.1. The van der Waals surface area contributed by atoms with Gasteiger partial charge in [-0.15, -0.1) is 0 Å². The number of allylic oxidation sites excluding steroid dienone is 2. The summed E-state index contributed by atoms with van der Waals surface area (Å²) in [4.78, 5) is 26.5. The van der Waals surface area contributed by atoms with E-state index in [0.717, 1.165) is 11.1 Å². The normalized spacial score (nSPS) is 15.1. The van der Waals surface area contributed by atoms with Gasteiger partial charge in [0.25, 0.3) is 0 Å². The van der Waals surface area contributed by atoms with Gasteiger partial charge < -0.3 is 10.2 Å². The van der Waals surface area contributed by atoms with E-state index < -0.39 is 5.92 Å². The van der Waals surface area contributed by atoms with Gasteiger partial charge in [0.05, 0.1) is 11.1 Å². The standard InChI is InChI=1S/C27H20O4.C2H6/c28-21-14-17-10-4-6-12-19(17)26(30)24(21)23(16-8-2-1-3-9-16)25-22(29)15-18-11-5-7-13-20(18)27(25)31;1-2/h1-13,23,30-31H,14-15H2;1-2H3. The molecule has 4 nitrogen and oxygen atoms in total. The molecule has 0 aliphatic heterocycles. The van der Waals surface area contributed by atoms with Crippen molar-refractivity contribution in [1.82, 2.24) is 0 Å². The van der Waals surface area contributed by atoms with Crippen molar-refractivity contribution in [3.05, 3.63) is 118 Å². The zero-order valence-electron chi connectivity index (χ0n) is 18.7. The van der Waals surface area contributed by atoms with Gasteiger partial charge in [-0.2, -0.15) is 0 Å². The predicted octanol–water partition coefficient (Wildman–Crippen LogP) is 5.99. The molecule has 0 radical (unpaired) electrons. The first-order valence-corrected chi connectivity index (χ1v) is 11.2. The van der Waals surface area contributed by atoms with Crippen molar-refractivity contribution < 1.29 is 19.8 Å². The lowest BCUT2D eigenvalue weighted by atomic mass is 9.73. The minimum Gasteiger partial charge on any atom is -0.507 e. The number of carbonyl (C=O) groups excluding carboxylic acids is 2. The Hall–Kier alpha value is -3.92. The molecule has 33 heavy (non-hydrogen) atoms. The van der Waals surface area contributed by atoms with Gasteiger partial charge in [0, 0.05) is 29.9 Å². The third-order valence-electron chi connectivity index (χ3n) is 6.07. The maximum absolute atomic E-state index is 13.3. The first kappa shape index (κ1) is 22.3. The van der Waals surface area contributed by atoms with Crippen LogP contribution in [-0.4, -0.2) is 21.8 Å². The van der Waals surface area contributed by atoms with Crippen LogP contribution in [0.15, 0.2) is 90.0 Å². The highest BCUT2D eigenvalue weighted by Crippen LogP contribution is 2.44. The fourth-order valence-corrected chi connectivity index (χ4v) is 4.62. The van der Waals surface area contributed by atoms with Crippen LogP contribution in [0.1, 0.15) is 47.6 Å². The molecule has 2 aliphatic rings. The SMILES string of the molecule is CC.O=C1Cc2ccccc2C(O)=C1C(C1=C(O)c2ccccc2CC1=O)c1ccccc1. The number of ketones is 2. The molecule has 3 aromatic rings. The third kappa shape index (κ3) is 3.89. The van der Waals surface area contributed by atoms with Gasteiger partial charge in [-0.05, 0) is 16.7 Å². The van der Waals surface area contributed by atoms with Crippen LogP contribution in [0.3, 0.4) is 0 Å². The van der Waals surface area contributed by atoms with Gasteiger partial charge in [-0.1, -0.05) is 92.7 Å². The number of aliphatic hydroxyl groups excluding tert-OH is 2. The highest BCUT2D eigenvalue weighted by atomic mass is 16.3. The van der Waals surface area contributed by atoms with Crippen LogP contribution in [0.5, 0.6) is 0 Å². The summed E-state index contributed by atoms with van der Waals surface area (Å²) < 4.78 is 0. The number of aliphatic hydroxyl groups is 2. The largest absolute Gasteiger partial charge is 0.507 e. The van der Waals surface area contributed by atoms with E-state index in [1.54, 1.807) is 24.3 Å². The van der Waals surface area contributed by atoms with Crippen molar-refractivity contribution in [3.63, 3.8) is 0 Å². The van der Waals surface area contributed by atoms with Gasteiger partial charge in [-0.25, -0.2) is 0 Å². The number of hydrogen-bond donors (Lipinski definition) is 2. The second kappa shape index (κ2) is 9.29. The number of rotatable bonds is 3. The molecule has 2 N–H and O–H groups in total. The summed E-state index contributed by atoms with van der Waals surface area (Å²) in [7, 11) is 0. The van der Waals surface area contributed by atoms with E-state index in [-0.39, 0.29) is 47.1 Å². The zero-order chi connectivity index (χ0) is 23.5. The lowest BCUT2D eigenvalue weighted by molar-refractivity contribution is -0.115. The van der Waals surface area contributed by atoms with Gasteiger partial charge in [0.1, 0.15) is 11.5 Å². The molecule has 0 saturated carbocycles. The molecule has 0 unspecified atom stereocenters. The quantitative estimate of drug-likeness (QED) is 0.527. The summed E-state index contributed by atoms with van der Waals surface area (Å²) in [6.07, 6.45) is 0.273. The Labute approximate surface area is 193 Å². The smallest absolute Gasteiger partial charge is 0.167 e. The maximum atomic E-state index is 13.3. The van der Waals surface area contributed by atoms with E-state index >= 15 is 0 Å². The van der Waals surface area contributed by atoms with E-state index in [1.165, 1.54) is 0 Å². The molecular formula is C29H26O4. The Morgan fingerprint density at radius 2 is 1.00 bits per heavy atom. The Balaban J connectivity index is 0.00000126. The van der Waals surface area contributed by atoms with Crippen LogP contribution in [0.25, 0.3) is 11.5 Å². The van der Waals surface area contributed by atoms with Crippen molar-refractivity contribution in [1.29, 1.82) is 0 Å². The van der Waals surface area contributed by atoms with E-state index in [1.807, 2.05) is 68.4 Å². The molecular weight excluding hydrogens is 412 g/mol. The van der Waals surface area contributed by atoms with E-state index in [2.05, 4.69) is 0 Å². The summed E-state index contributed by atoms with van der Waals surface area (Å²) in [5, 5.41) is 22.3. The van der Waals surface area contributed by atoms with Gasteiger partial charge >= 0.3 is 0 Å². The molecule has 166 valence electrons. The van der Waals surface area contributed by atoms with E-state index in [0.29, 0.717) is 16.7 Å². The second-order valence-corrected chi connectivity index (χ2v) is 7.88. The number of fused-ring (bicyclic) bond motifs is 2. The summed E-state index contributed by atoms with van der Waals surface area (Å²) >= 11 is 0. The van der Waals surface area contributed by atoms with E-state index in [9.17, 15) is 19.8 Å². The Morgan fingerprint density at radius 1 is 0.606 bits per heavy atom. The monoisotopic (exact) mass is 438 g/mol. The minimum absolute atomic E-state index is 0.132. The molecule has 2 aliphatic carbocycles. The highest BCUT2D eigenvalue weighted by molar-refractivity contribution is 6.13. The Kier molecular flexibility index (Phi) is 6.27. The molecule has 0 amide bonds. The van der Waals surface area contributed by atoms with Crippen molar-refractivity contribution >= 4 is 23.1 Å². The number of hydrogen-bond acceptors (Lipinski definition) is 4. The summed E-state index contributed by atoms with van der Waals surface area (Å²) in [5.41, 5.74) is 3.64. The summed E-state index contributed by atoms with van der Waals surface area (Å²) in [5.74, 6) is -1.63. The topological polar surface area (TPSA) is 74.6 Å². The molecule has 0 aromatic heterocycles. The van der Waals surface area contributed by atoms with E-state index in [4.69, 9.17) is 0 Å². The molecule has 3 aromatic carbocycles. The number of Topliss-reactive ketones (excluding diaryl/α,β-unsaturated/α-hetero) is 2. The summed E-state index contributed by atoms with van der Waals surface area (Å²) in [6, 6.07) is 23.5. The average molecular weight is 439 g/mol. The second-order valence-electron chi connectivity index (χ2n) is 7.88. The minimum atomic E-state index is -0.858. The van der Waals surface area contributed by atoms with Crippen molar-refractivity contribution in [3.8, 4) is 0 Å². The number of benzene rings is 3. The maximum Gasteiger partial charge on any atom is 0.167 e. The summed E-state index contributed by atoms with van der Waals surface area (Å²) in [6.45, 7) is 4.00. The average Bonchev–Trinajstić information content (AvgIpc) is 2.85. The predicted molar refractivity (Wildman–Crippen MR) is 130 cm³/mol. The molecule has 0 saturated heterocycles. The van der Waals surface area contributed by atoms with Crippen LogP contribution in [-0.2, 0) is 22.4 Å². The lowest BCUT2D eigenvalue weighted by Crippen LogP contribution is -2.27. The van der Waals surface area contributed by atoms with Crippen LogP contribution < -0.4 is 0 Å². The molecule has 4 heteroatoms. The van der Waals surface area contributed by atoms with Gasteiger partial charge in [-0.3, -0.25) is 9.59 Å². The molecule has 0 atom stereocenters. The lowest BCUT2D eigenvalue weighted by Gasteiger charge is -2.30. The third-order valence-corrected chi connectivity index (χ3v) is 6.07. The molecule has 0 fully saturated rings. The fourth-order valence-electron chi connectivity index (χ4n) is 4.62. The van der Waals surface area contributed by atoms with Crippen molar-refractivity contribution in [2.75, 3.05) is 0 Å². The van der Waals surface area contributed by atoms with Crippen LogP contribution in [0, 0.1) is 0 Å². The van der Waals surface area contributed by atoms with Gasteiger partial charge in [0.15, 0.2) is 11.6 Å². The number of carbonyl (C=O) groups is 2. The van der Waals surface area contributed by atoms with Gasteiger partial charge in [0.2, 0.25) is 0 Å². The molecule has 5 rings (SSSR count). The fraction of sp³-hybridized carbons (Fsp3) is 0.172. The Morgan fingerprint density at radius 3 is 1.45 bits per heavy atom. The highest BCUT2D eigenvalue weighted by Gasteiger charge is 2.39. The van der Waals surface area contributed by atoms with Crippen LogP contribution in [0.4, 0.5) is 0 Å². The molecule has 0 bridgehead atoms. The van der Waals surface area contributed by atoms with Crippen molar-refractivity contribution in [2.45, 2.75) is 32.6 Å². The first-order valence-electron chi connectivity index (χ1n) is 11.2. The zero-order valence-corrected chi connectivity index (χ0v) is 18.7. The van der Waals surface area contributed by atoms with Crippen LogP contribution >= 0.6 is 0 Å². The van der Waals surface area contributed by atoms with Crippen LogP contribution in [0.2, 0.25) is 0 Å². The molecule has 0 heterocycles. The Bertz CT molecular complexity index is 1200.